The predicted octanol–water partition coefficient (Wildman–Crippen LogP) is 2.30. The van der Waals surface area contributed by atoms with Crippen LogP contribution in [0.25, 0.3) is 0 Å². The molecule has 0 aromatic rings. The van der Waals surface area contributed by atoms with Crippen LogP contribution in [0.2, 0.25) is 0 Å². The van der Waals surface area contributed by atoms with Crippen molar-refractivity contribution in [2.24, 2.45) is 23.1 Å². The molecule has 0 aliphatic heterocycles. The second-order valence-electron chi connectivity index (χ2n) is 5.49. The molecule has 0 heterocycles. The molecule has 0 saturated heterocycles. The molecule has 2 nitrogen and oxygen atoms in total. The number of nitrogens with two attached hydrogens (primary N) is 1. The molecule has 1 saturated carbocycles. The topological polar surface area (TPSA) is 38.0 Å². The number of hydrazine groups is 1. The monoisotopic (exact) mass is 184 g/mol. The summed E-state index contributed by atoms with van der Waals surface area (Å²) in [5, 5.41) is 0. The van der Waals surface area contributed by atoms with Crippen molar-refractivity contribution in [2.75, 3.05) is 6.54 Å². The van der Waals surface area contributed by atoms with Crippen LogP contribution in [0.5, 0.6) is 0 Å². The Morgan fingerprint density at radius 1 is 1.15 bits per heavy atom. The molecule has 0 aromatic heterocycles. The number of hydrogen-bond donors (Lipinski definition) is 2. The van der Waals surface area contributed by atoms with Gasteiger partial charge < -0.3 is 0 Å². The first kappa shape index (κ1) is 11.0. The van der Waals surface area contributed by atoms with E-state index < -0.39 is 0 Å². The molecule has 1 fully saturated rings. The van der Waals surface area contributed by atoms with Crippen LogP contribution in [0, 0.1) is 17.3 Å². The van der Waals surface area contributed by atoms with Crippen LogP contribution in [-0.4, -0.2) is 6.54 Å². The highest BCUT2D eigenvalue weighted by Gasteiger charge is 2.29. The smallest absolute Gasteiger partial charge is 0.0126 e. The molecular formula is C11H24N2. The maximum Gasteiger partial charge on any atom is 0.0126 e. The zero-order valence-corrected chi connectivity index (χ0v) is 9.27. The summed E-state index contributed by atoms with van der Waals surface area (Å²) in [6, 6.07) is 0. The quantitative estimate of drug-likeness (QED) is 0.510. The third-order valence-corrected chi connectivity index (χ3v) is 3.48. The van der Waals surface area contributed by atoms with Crippen LogP contribution in [0.4, 0.5) is 0 Å². The maximum absolute atomic E-state index is 5.33. The minimum Gasteiger partial charge on any atom is -0.271 e. The summed E-state index contributed by atoms with van der Waals surface area (Å²) in [6.07, 6.45) is 5.48. The molecule has 0 amide bonds. The Morgan fingerprint density at radius 2 is 1.69 bits per heavy atom. The Balaban J connectivity index is 2.30. The van der Waals surface area contributed by atoms with Crippen molar-refractivity contribution >= 4 is 0 Å². The Morgan fingerprint density at radius 3 is 2.08 bits per heavy atom. The summed E-state index contributed by atoms with van der Waals surface area (Å²) >= 11 is 0. The minimum atomic E-state index is 0.501. The number of hydrogen-bond acceptors (Lipinski definition) is 2. The zero-order chi connectivity index (χ0) is 9.90. The second kappa shape index (κ2) is 4.43. The molecule has 2 heteroatoms. The van der Waals surface area contributed by atoms with E-state index in [4.69, 9.17) is 5.84 Å². The van der Waals surface area contributed by atoms with Crippen LogP contribution in [0.15, 0.2) is 0 Å². The van der Waals surface area contributed by atoms with E-state index in [0.717, 1.165) is 18.4 Å². The Labute approximate surface area is 82.2 Å². The molecule has 78 valence electrons. The van der Waals surface area contributed by atoms with E-state index in [-0.39, 0.29) is 0 Å². The van der Waals surface area contributed by atoms with Crippen LogP contribution >= 0.6 is 0 Å². The van der Waals surface area contributed by atoms with Crippen LogP contribution < -0.4 is 11.3 Å². The number of rotatable bonds is 2. The van der Waals surface area contributed by atoms with E-state index >= 15 is 0 Å². The van der Waals surface area contributed by atoms with Gasteiger partial charge in [0.2, 0.25) is 0 Å². The molecule has 1 rings (SSSR count). The lowest BCUT2D eigenvalue weighted by Crippen LogP contribution is -2.33. The summed E-state index contributed by atoms with van der Waals surface area (Å²) in [4.78, 5) is 0. The number of nitrogens with one attached hydrogen (secondary N) is 1. The fraction of sp³-hybridized carbons (Fsp3) is 1.00. The van der Waals surface area contributed by atoms with Crippen molar-refractivity contribution in [3.05, 3.63) is 0 Å². The van der Waals surface area contributed by atoms with Gasteiger partial charge in [0.15, 0.2) is 0 Å². The standard InChI is InChI=1S/C11H24N2/c1-11(2,3)10-6-4-9(5-7-10)8-13-12/h9-10,13H,4-8,12H2,1-3H3. The first-order valence-electron chi connectivity index (χ1n) is 5.47. The van der Waals surface area contributed by atoms with Crippen molar-refractivity contribution in [3.8, 4) is 0 Å². The average molecular weight is 184 g/mol. The SMILES string of the molecule is CC(C)(C)C1CCC(CNN)CC1. The highest BCUT2D eigenvalue weighted by molar-refractivity contribution is 4.80. The van der Waals surface area contributed by atoms with Gasteiger partial charge in [0, 0.05) is 6.54 Å². The van der Waals surface area contributed by atoms with E-state index in [9.17, 15) is 0 Å². The molecule has 1 aliphatic rings. The molecule has 0 spiro atoms. The largest absolute Gasteiger partial charge is 0.271 e. The van der Waals surface area contributed by atoms with Gasteiger partial charge in [-0.3, -0.25) is 11.3 Å². The lowest BCUT2D eigenvalue weighted by molar-refractivity contribution is 0.149. The van der Waals surface area contributed by atoms with Crippen molar-refractivity contribution in [2.45, 2.75) is 46.5 Å². The van der Waals surface area contributed by atoms with Gasteiger partial charge in [-0.1, -0.05) is 20.8 Å². The highest BCUT2D eigenvalue weighted by atomic mass is 15.2. The van der Waals surface area contributed by atoms with E-state index in [0.29, 0.717) is 5.41 Å². The molecule has 0 bridgehead atoms. The first-order valence-corrected chi connectivity index (χ1v) is 5.47. The molecule has 13 heavy (non-hydrogen) atoms. The molecule has 0 radical (unpaired) electrons. The summed E-state index contributed by atoms with van der Waals surface area (Å²) < 4.78 is 0. The van der Waals surface area contributed by atoms with Gasteiger partial charge in [-0.2, -0.15) is 0 Å². The van der Waals surface area contributed by atoms with E-state index in [1.807, 2.05) is 0 Å². The van der Waals surface area contributed by atoms with E-state index in [1.54, 1.807) is 0 Å². The van der Waals surface area contributed by atoms with Crippen LogP contribution in [0.1, 0.15) is 46.5 Å². The summed E-state index contributed by atoms with van der Waals surface area (Å²) in [7, 11) is 0. The zero-order valence-electron chi connectivity index (χ0n) is 9.27. The van der Waals surface area contributed by atoms with Gasteiger partial charge in [-0.15, -0.1) is 0 Å². The van der Waals surface area contributed by atoms with Crippen molar-refractivity contribution in [1.29, 1.82) is 0 Å². The van der Waals surface area contributed by atoms with Gasteiger partial charge >= 0.3 is 0 Å². The summed E-state index contributed by atoms with van der Waals surface area (Å²) in [6.45, 7) is 8.08. The Kier molecular flexibility index (Phi) is 3.74. The van der Waals surface area contributed by atoms with Gasteiger partial charge in [0.1, 0.15) is 0 Å². The van der Waals surface area contributed by atoms with E-state index in [1.165, 1.54) is 25.7 Å². The summed E-state index contributed by atoms with van der Waals surface area (Å²) in [5.41, 5.74) is 3.29. The van der Waals surface area contributed by atoms with Crippen molar-refractivity contribution in [3.63, 3.8) is 0 Å². The third kappa shape index (κ3) is 3.28. The Bertz CT molecular complexity index is 141. The van der Waals surface area contributed by atoms with Crippen molar-refractivity contribution in [1.82, 2.24) is 5.43 Å². The molecule has 0 aromatic carbocycles. The second-order valence-corrected chi connectivity index (χ2v) is 5.49. The molecule has 3 N–H and O–H groups in total. The normalized spacial score (nSPS) is 30.5. The third-order valence-electron chi connectivity index (χ3n) is 3.48. The maximum atomic E-state index is 5.33. The van der Waals surface area contributed by atoms with E-state index in [2.05, 4.69) is 26.2 Å². The predicted molar refractivity (Wildman–Crippen MR) is 57.1 cm³/mol. The van der Waals surface area contributed by atoms with Gasteiger partial charge in [-0.25, -0.2) is 0 Å². The molecular weight excluding hydrogens is 160 g/mol. The average Bonchev–Trinajstić information content (AvgIpc) is 2.04. The van der Waals surface area contributed by atoms with Gasteiger partial charge in [-0.05, 0) is 42.9 Å². The molecule has 0 unspecified atom stereocenters. The van der Waals surface area contributed by atoms with Gasteiger partial charge in [0.05, 0.1) is 0 Å². The Hall–Kier alpha value is -0.0800. The fourth-order valence-corrected chi connectivity index (χ4v) is 2.40. The lowest BCUT2D eigenvalue weighted by atomic mass is 9.70. The van der Waals surface area contributed by atoms with Crippen LogP contribution in [-0.2, 0) is 0 Å². The summed E-state index contributed by atoms with van der Waals surface area (Å²) in [5.74, 6) is 7.07. The van der Waals surface area contributed by atoms with Gasteiger partial charge in [0.25, 0.3) is 0 Å². The molecule has 1 aliphatic carbocycles. The highest BCUT2D eigenvalue weighted by Crippen LogP contribution is 2.39. The van der Waals surface area contributed by atoms with Crippen molar-refractivity contribution < 1.29 is 0 Å². The van der Waals surface area contributed by atoms with Crippen LogP contribution in [0.3, 0.4) is 0 Å². The molecule has 0 atom stereocenters. The lowest BCUT2D eigenvalue weighted by Gasteiger charge is -2.36. The first-order chi connectivity index (χ1) is 6.04. The minimum absolute atomic E-state index is 0.501. The fourth-order valence-electron chi connectivity index (χ4n) is 2.40.